The Labute approximate surface area is 108 Å². The average molecular weight is 255 g/mol. The summed E-state index contributed by atoms with van der Waals surface area (Å²) in [6, 6.07) is 4.71. The van der Waals surface area contributed by atoms with Gasteiger partial charge in [0.15, 0.2) is 0 Å². The van der Waals surface area contributed by atoms with Crippen LogP contribution in [0.5, 0.6) is 11.5 Å². The van der Waals surface area contributed by atoms with E-state index in [0.29, 0.717) is 6.54 Å². The molecule has 2 rings (SSSR count). The molecule has 0 atom stereocenters. The number of methoxy groups -OCH3 is 1. The van der Waals surface area contributed by atoms with Crippen LogP contribution in [0.2, 0.25) is 0 Å². The number of ether oxygens (including phenoxy) is 2. The van der Waals surface area contributed by atoms with Crippen molar-refractivity contribution in [2.75, 3.05) is 40.5 Å². The van der Waals surface area contributed by atoms with Crippen molar-refractivity contribution in [1.82, 2.24) is 4.90 Å². The second kappa shape index (κ2) is 7.92. The maximum absolute atomic E-state index is 9.60. The van der Waals surface area contributed by atoms with Crippen LogP contribution in [-0.4, -0.2) is 55.6 Å². The zero-order valence-electron chi connectivity index (χ0n) is 10.9. The van der Waals surface area contributed by atoms with Crippen LogP contribution in [0.4, 0.5) is 0 Å². The van der Waals surface area contributed by atoms with Gasteiger partial charge in [-0.3, -0.25) is 4.90 Å². The van der Waals surface area contributed by atoms with Crippen LogP contribution in [0, 0.1) is 0 Å². The molecule has 1 saturated heterocycles. The van der Waals surface area contributed by atoms with Crippen molar-refractivity contribution in [3.05, 3.63) is 23.8 Å². The molecular weight excluding hydrogens is 234 g/mol. The van der Waals surface area contributed by atoms with Crippen molar-refractivity contribution in [3.63, 3.8) is 0 Å². The van der Waals surface area contributed by atoms with Gasteiger partial charge in [0.05, 0.1) is 13.2 Å². The van der Waals surface area contributed by atoms with E-state index in [1.165, 1.54) is 6.07 Å². The SMILES string of the molecule is COC.Oc1ccc(CN2CCOCC2)c(O)c1. The Morgan fingerprint density at radius 1 is 1.22 bits per heavy atom. The Balaban J connectivity index is 0.000000492. The van der Waals surface area contributed by atoms with Crippen molar-refractivity contribution < 1.29 is 19.7 Å². The monoisotopic (exact) mass is 255 g/mol. The van der Waals surface area contributed by atoms with E-state index in [9.17, 15) is 5.11 Å². The third-order valence-corrected chi connectivity index (χ3v) is 2.57. The maximum atomic E-state index is 9.60. The summed E-state index contributed by atoms with van der Waals surface area (Å²) < 4.78 is 9.49. The summed E-state index contributed by atoms with van der Waals surface area (Å²) in [4.78, 5) is 2.22. The number of hydrogen-bond acceptors (Lipinski definition) is 5. The third kappa shape index (κ3) is 4.91. The molecule has 102 valence electrons. The number of aromatic hydroxyl groups is 2. The summed E-state index contributed by atoms with van der Waals surface area (Å²) >= 11 is 0. The van der Waals surface area contributed by atoms with E-state index in [1.807, 2.05) is 0 Å². The van der Waals surface area contributed by atoms with Crippen LogP contribution < -0.4 is 0 Å². The molecule has 1 aliphatic heterocycles. The van der Waals surface area contributed by atoms with Crippen LogP contribution in [0.25, 0.3) is 0 Å². The van der Waals surface area contributed by atoms with Crippen LogP contribution in [0.3, 0.4) is 0 Å². The third-order valence-electron chi connectivity index (χ3n) is 2.57. The van der Waals surface area contributed by atoms with Crippen LogP contribution in [-0.2, 0) is 16.0 Å². The normalized spacial score (nSPS) is 15.9. The van der Waals surface area contributed by atoms with Gasteiger partial charge < -0.3 is 19.7 Å². The number of phenolic OH excluding ortho intramolecular Hbond substituents is 2. The van der Waals surface area contributed by atoms with Crippen LogP contribution in [0.1, 0.15) is 5.56 Å². The standard InChI is InChI=1S/C11H15NO3.C2H6O/c13-10-2-1-9(11(14)7-10)8-12-3-5-15-6-4-12;1-3-2/h1-2,7,13-14H,3-6,8H2;1-2H3. The second-order valence-electron chi connectivity index (χ2n) is 4.11. The van der Waals surface area contributed by atoms with Crippen LogP contribution >= 0.6 is 0 Å². The van der Waals surface area contributed by atoms with Gasteiger partial charge in [-0.2, -0.15) is 0 Å². The summed E-state index contributed by atoms with van der Waals surface area (Å²) in [5.41, 5.74) is 0.842. The quantitative estimate of drug-likeness (QED) is 0.831. The highest BCUT2D eigenvalue weighted by atomic mass is 16.5. The average Bonchev–Trinajstić information content (AvgIpc) is 2.35. The predicted molar refractivity (Wildman–Crippen MR) is 68.8 cm³/mol. The summed E-state index contributed by atoms with van der Waals surface area (Å²) in [6.07, 6.45) is 0. The molecule has 0 unspecified atom stereocenters. The molecule has 1 aromatic rings. The fourth-order valence-electron chi connectivity index (χ4n) is 1.69. The maximum Gasteiger partial charge on any atom is 0.123 e. The van der Waals surface area contributed by atoms with E-state index in [2.05, 4.69) is 9.64 Å². The molecule has 0 saturated carbocycles. The largest absolute Gasteiger partial charge is 0.508 e. The lowest BCUT2D eigenvalue weighted by Crippen LogP contribution is -2.35. The Kier molecular flexibility index (Phi) is 6.49. The first-order chi connectivity index (χ1) is 8.67. The van der Waals surface area contributed by atoms with Gasteiger partial charge in [-0.25, -0.2) is 0 Å². The van der Waals surface area contributed by atoms with Crippen molar-refractivity contribution >= 4 is 0 Å². The van der Waals surface area contributed by atoms with E-state index >= 15 is 0 Å². The Hall–Kier alpha value is -1.30. The zero-order valence-corrected chi connectivity index (χ0v) is 10.9. The summed E-state index contributed by atoms with van der Waals surface area (Å²) in [6.45, 7) is 3.98. The summed E-state index contributed by atoms with van der Waals surface area (Å²) in [5.74, 6) is 0.250. The highest BCUT2D eigenvalue weighted by Crippen LogP contribution is 2.23. The first-order valence-corrected chi connectivity index (χ1v) is 5.88. The van der Waals surface area contributed by atoms with Gasteiger partial charge in [-0.05, 0) is 6.07 Å². The molecule has 5 nitrogen and oxygen atoms in total. The molecule has 0 aliphatic carbocycles. The minimum atomic E-state index is 0.0956. The number of nitrogens with zero attached hydrogens (tertiary/aromatic N) is 1. The van der Waals surface area contributed by atoms with Gasteiger partial charge in [0.25, 0.3) is 0 Å². The molecule has 1 heterocycles. The number of rotatable bonds is 2. The fourth-order valence-corrected chi connectivity index (χ4v) is 1.69. The predicted octanol–water partition coefficient (Wildman–Crippen LogP) is 1.19. The molecule has 1 aromatic carbocycles. The van der Waals surface area contributed by atoms with E-state index in [1.54, 1.807) is 26.4 Å². The van der Waals surface area contributed by atoms with E-state index in [4.69, 9.17) is 9.84 Å². The van der Waals surface area contributed by atoms with Crippen LogP contribution in [0.15, 0.2) is 18.2 Å². The lowest BCUT2D eigenvalue weighted by atomic mass is 10.1. The zero-order chi connectivity index (χ0) is 13.4. The Bertz CT molecular complexity index is 351. The first kappa shape index (κ1) is 14.8. The second-order valence-corrected chi connectivity index (χ2v) is 4.11. The molecule has 0 radical (unpaired) electrons. The van der Waals surface area contributed by atoms with Gasteiger partial charge >= 0.3 is 0 Å². The Morgan fingerprint density at radius 2 is 1.83 bits per heavy atom. The molecule has 0 spiro atoms. The molecular formula is C13H21NO4. The molecule has 2 N–H and O–H groups in total. The smallest absolute Gasteiger partial charge is 0.123 e. The minimum Gasteiger partial charge on any atom is -0.508 e. The molecule has 0 aromatic heterocycles. The topological polar surface area (TPSA) is 62.2 Å². The minimum absolute atomic E-state index is 0.0956. The van der Waals surface area contributed by atoms with E-state index in [0.717, 1.165) is 31.9 Å². The lowest BCUT2D eigenvalue weighted by molar-refractivity contribution is 0.0339. The highest BCUT2D eigenvalue weighted by molar-refractivity contribution is 5.38. The van der Waals surface area contributed by atoms with Gasteiger partial charge in [0.2, 0.25) is 0 Å². The number of morpholine rings is 1. The number of benzene rings is 1. The highest BCUT2D eigenvalue weighted by Gasteiger charge is 2.12. The van der Waals surface area contributed by atoms with Crippen molar-refractivity contribution in [3.8, 4) is 11.5 Å². The summed E-state index contributed by atoms with van der Waals surface area (Å²) in [7, 11) is 3.25. The number of hydrogen-bond donors (Lipinski definition) is 2. The van der Waals surface area contributed by atoms with Gasteiger partial charge in [0.1, 0.15) is 11.5 Å². The fraction of sp³-hybridized carbons (Fsp3) is 0.538. The van der Waals surface area contributed by atoms with Crippen molar-refractivity contribution in [2.24, 2.45) is 0 Å². The lowest BCUT2D eigenvalue weighted by Gasteiger charge is -2.26. The summed E-state index contributed by atoms with van der Waals surface area (Å²) in [5, 5.41) is 18.8. The molecule has 0 bridgehead atoms. The van der Waals surface area contributed by atoms with Crippen molar-refractivity contribution in [1.29, 1.82) is 0 Å². The molecule has 18 heavy (non-hydrogen) atoms. The van der Waals surface area contributed by atoms with Gasteiger partial charge in [-0.15, -0.1) is 0 Å². The molecule has 5 heteroatoms. The van der Waals surface area contributed by atoms with E-state index < -0.39 is 0 Å². The van der Waals surface area contributed by atoms with Crippen molar-refractivity contribution in [2.45, 2.75) is 6.54 Å². The van der Waals surface area contributed by atoms with Gasteiger partial charge in [-0.1, -0.05) is 6.07 Å². The molecule has 1 aliphatic rings. The van der Waals surface area contributed by atoms with E-state index in [-0.39, 0.29) is 11.5 Å². The molecule has 0 amide bonds. The first-order valence-electron chi connectivity index (χ1n) is 5.88. The Morgan fingerprint density at radius 3 is 2.39 bits per heavy atom. The molecule has 1 fully saturated rings. The van der Waals surface area contributed by atoms with Gasteiger partial charge in [0, 0.05) is 45.5 Å². The number of phenols is 2.